The van der Waals surface area contributed by atoms with E-state index in [1.165, 1.54) is 0 Å². The first kappa shape index (κ1) is 5.04. The number of alkyl halides is 1. The summed E-state index contributed by atoms with van der Waals surface area (Å²) in [6.45, 7) is 0.312. The van der Waals surface area contributed by atoms with E-state index in [2.05, 4.69) is 0 Å². The van der Waals surface area contributed by atoms with Gasteiger partial charge in [-0.2, -0.15) is 0 Å². The summed E-state index contributed by atoms with van der Waals surface area (Å²) in [6, 6.07) is 0. The van der Waals surface area contributed by atoms with E-state index in [0.717, 1.165) is 12.8 Å². The Balaban J connectivity index is 2.28. The lowest BCUT2D eigenvalue weighted by atomic mass is 10.1. The van der Waals surface area contributed by atoms with Crippen molar-refractivity contribution in [2.75, 3.05) is 13.2 Å². The second kappa shape index (κ2) is 1.44. The van der Waals surface area contributed by atoms with E-state index in [-0.39, 0.29) is 12.1 Å². The fourth-order valence-electron chi connectivity index (χ4n) is 0.569. The summed E-state index contributed by atoms with van der Waals surface area (Å²) in [4.78, 5) is 0. The number of halogens is 1. The summed E-state index contributed by atoms with van der Waals surface area (Å²) in [5.74, 6) is 0. The molecular formula is C5H10FN. The fourth-order valence-corrected chi connectivity index (χ4v) is 0.569. The first-order chi connectivity index (χ1) is 3.33. The predicted octanol–water partition coefficient (Wildman–Crippen LogP) is 0.695. The quantitative estimate of drug-likeness (QED) is 0.547. The molecule has 0 unspecified atom stereocenters. The van der Waals surface area contributed by atoms with Gasteiger partial charge < -0.3 is 5.73 Å². The van der Waals surface area contributed by atoms with Crippen molar-refractivity contribution >= 4 is 0 Å². The molecule has 0 aromatic rings. The van der Waals surface area contributed by atoms with E-state index in [9.17, 15) is 4.39 Å². The lowest BCUT2D eigenvalue weighted by Gasteiger charge is -2.01. The van der Waals surface area contributed by atoms with E-state index in [1.54, 1.807) is 0 Å². The van der Waals surface area contributed by atoms with Crippen LogP contribution < -0.4 is 5.73 Å². The minimum Gasteiger partial charge on any atom is -0.330 e. The first-order valence-corrected chi connectivity index (χ1v) is 2.59. The molecule has 0 heterocycles. The van der Waals surface area contributed by atoms with Crippen LogP contribution in [0.25, 0.3) is 0 Å². The molecule has 0 aromatic heterocycles. The van der Waals surface area contributed by atoms with Crippen LogP contribution in [0.5, 0.6) is 0 Å². The topological polar surface area (TPSA) is 26.0 Å². The van der Waals surface area contributed by atoms with Gasteiger partial charge >= 0.3 is 0 Å². The Morgan fingerprint density at radius 1 is 1.57 bits per heavy atom. The molecule has 0 amide bonds. The van der Waals surface area contributed by atoms with Gasteiger partial charge in [-0.1, -0.05) is 0 Å². The van der Waals surface area contributed by atoms with Gasteiger partial charge in [-0.15, -0.1) is 0 Å². The molecule has 0 atom stereocenters. The normalized spacial score (nSPS) is 24.9. The highest BCUT2D eigenvalue weighted by atomic mass is 19.1. The summed E-state index contributed by atoms with van der Waals surface area (Å²) in [5, 5.41) is 0. The first-order valence-electron chi connectivity index (χ1n) is 2.59. The van der Waals surface area contributed by atoms with Crippen LogP contribution in [0.3, 0.4) is 0 Å². The third-order valence-electron chi connectivity index (χ3n) is 1.67. The highest BCUT2D eigenvalue weighted by Crippen LogP contribution is 2.44. The molecule has 2 heteroatoms. The summed E-state index contributed by atoms with van der Waals surface area (Å²) in [7, 11) is 0. The Kier molecular flexibility index (Phi) is 1.04. The van der Waals surface area contributed by atoms with Crippen molar-refractivity contribution in [1.29, 1.82) is 0 Å². The molecule has 0 spiro atoms. The molecule has 0 radical (unpaired) electrons. The smallest absolute Gasteiger partial charge is 0.0962 e. The Morgan fingerprint density at radius 2 is 2.14 bits per heavy atom. The van der Waals surface area contributed by atoms with Gasteiger partial charge in [0.2, 0.25) is 0 Å². The monoisotopic (exact) mass is 103 g/mol. The van der Waals surface area contributed by atoms with Crippen molar-refractivity contribution in [2.24, 2.45) is 11.1 Å². The molecule has 1 aliphatic carbocycles. The summed E-state index contributed by atoms with van der Waals surface area (Å²) in [5.41, 5.74) is 5.18. The van der Waals surface area contributed by atoms with E-state index >= 15 is 0 Å². The Bertz CT molecular complexity index is 62.5. The molecule has 0 aromatic carbocycles. The number of hydrogen-bond acceptors (Lipinski definition) is 1. The van der Waals surface area contributed by atoms with Crippen LogP contribution in [-0.4, -0.2) is 13.2 Å². The van der Waals surface area contributed by atoms with E-state index < -0.39 is 0 Å². The average Bonchev–Trinajstić information content (AvgIpc) is 2.46. The Morgan fingerprint density at radius 3 is 2.14 bits per heavy atom. The van der Waals surface area contributed by atoms with Crippen LogP contribution in [0.1, 0.15) is 12.8 Å². The maximum absolute atomic E-state index is 11.8. The van der Waals surface area contributed by atoms with Crippen molar-refractivity contribution < 1.29 is 4.39 Å². The molecule has 2 N–H and O–H groups in total. The third-order valence-corrected chi connectivity index (χ3v) is 1.67. The van der Waals surface area contributed by atoms with E-state index in [4.69, 9.17) is 5.73 Å². The van der Waals surface area contributed by atoms with Crippen LogP contribution in [0.4, 0.5) is 4.39 Å². The molecular weight excluding hydrogens is 93.1 g/mol. The molecule has 1 nitrogen and oxygen atoms in total. The SMILES string of the molecule is NCC1(CF)CC1. The van der Waals surface area contributed by atoms with Crippen molar-refractivity contribution in [3.63, 3.8) is 0 Å². The van der Waals surface area contributed by atoms with Crippen molar-refractivity contribution in [3.8, 4) is 0 Å². The Hall–Kier alpha value is -0.110. The summed E-state index contributed by atoms with van der Waals surface area (Å²) >= 11 is 0. The van der Waals surface area contributed by atoms with Crippen molar-refractivity contribution in [3.05, 3.63) is 0 Å². The molecule has 1 saturated carbocycles. The van der Waals surface area contributed by atoms with Gasteiger partial charge in [0.1, 0.15) is 0 Å². The largest absolute Gasteiger partial charge is 0.330 e. The zero-order chi connectivity index (χ0) is 5.33. The number of hydrogen-bond donors (Lipinski definition) is 1. The average molecular weight is 103 g/mol. The van der Waals surface area contributed by atoms with Gasteiger partial charge in [0.05, 0.1) is 6.67 Å². The Labute approximate surface area is 42.7 Å². The lowest BCUT2D eigenvalue weighted by molar-refractivity contribution is 0.349. The molecule has 0 aliphatic heterocycles. The van der Waals surface area contributed by atoms with Crippen LogP contribution in [0.2, 0.25) is 0 Å². The predicted molar refractivity (Wildman–Crippen MR) is 26.7 cm³/mol. The molecule has 1 rings (SSSR count). The molecule has 0 saturated heterocycles. The van der Waals surface area contributed by atoms with Gasteiger partial charge in [-0.05, 0) is 12.8 Å². The summed E-state index contributed by atoms with van der Waals surface area (Å²) < 4.78 is 11.8. The second-order valence-corrected chi connectivity index (χ2v) is 2.34. The standard InChI is InChI=1S/C5H10FN/c6-3-5(4-7)1-2-5/h1-4,7H2. The van der Waals surface area contributed by atoms with Gasteiger partial charge in [0, 0.05) is 12.0 Å². The van der Waals surface area contributed by atoms with Crippen molar-refractivity contribution in [1.82, 2.24) is 0 Å². The van der Waals surface area contributed by atoms with Crippen molar-refractivity contribution in [2.45, 2.75) is 12.8 Å². The highest BCUT2D eigenvalue weighted by Gasteiger charge is 2.41. The van der Waals surface area contributed by atoms with Gasteiger partial charge in [-0.25, -0.2) is 0 Å². The third kappa shape index (κ3) is 0.752. The van der Waals surface area contributed by atoms with Crippen LogP contribution in [0, 0.1) is 5.41 Å². The maximum atomic E-state index is 11.8. The fraction of sp³-hybridized carbons (Fsp3) is 1.00. The minimum absolute atomic E-state index is 0.0556. The number of rotatable bonds is 2. The highest BCUT2D eigenvalue weighted by molar-refractivity contribution is 4.93. The maximum Gasteiger partial charge on any atom is 0.0962 e. The minimum atomic E-state index is -0.219. The van der Waals surface area contributed by atoms with E-state index in [0.29, 0.717) is 6.54 Å². The number of nitrogens with two attached hydrogens (primary N) is 1. The zero-order valence-corrected chi connectivity index (χ0v) is 4.28. The lowest BCUT2D eigenvalue weighted by Crippen LogP contribution is -2.16. The molecule has 1 fully saturated rings. The zero-order valence-electron chi connectivity index (χ0n) is 4.28. The second-order valence-electron chi connectivity index (χ2n) is 2.34. The van der Waals surface area contributed by atoms with Gasteiger partial charge in [0.25, 0.3) is 0 Å². The molecule has 1 aliphatic rings. The molecule has 42 valence electrons. The molecule has 0 bridgehead atoms. The summed E-state index contributed by atoms with van der Waals surface area (Å²) in [6.07, 6.45) is 2.00. The molecule has 7 heavy (non-hydrogen) atoms. The van der Waals surface area contributed by atoms with Gasteiger partial charge in [0.15, 0.2) is 0 Å². The van der Waals surface area contributed by atoms with Crippen LogP contribution in [0.15, 0.2) is 0 Å². The van der Waals surface area contributed by atoms with Gasteiger partial charge in [-0.3, -0.25) is 4.39 Å². The van der Waals surface area contributed by atoms with Crippen LogP contribution in [-0.2, 0) is 0 Å². The van der Waals surface area contributed by atoms with Crippen LogP contribution >= 0.6 is 0 Å². The van der Waals surface area contributed by atoms with E-state index in [1.807, 2.05) is 0 Å².